The highest BCUT2D eigenvalue weighted by Crippen LogP contribution is 2.41. The van der Waals surface area contributed by atoms with Gasteiger partial charge in [0, 0.05) is 24.0 Å². The number of thiophene rings is 1. The fourth-order valence-electron chi connectivity index (χ4n) is 4.24. The smallest absolute Gasteiger partial charge is 0.379 e. The minimum atomic E-state index is -0.612. The molecular formula is C24H25N3O5S. The number of benzene rings is 1. The standard InChI is InChI=1S/C24H25N3O5S/c1-13(2)27-9-8-15-19(12-27)33-23-20(15)22(28)25-21(26-23)14-6-7-16(18(11-14)30-3)32-24(29)17-5-4-10-31-17/h4-7,10-11,13,21,26H,8-9,12H2,1-3H3,(H,25,28). The lowest BCUT2D eigenvalue weighted by Gasteiger charge is -2.31. The summed E-state index contributed by atoms with van der Waals surface area (Å²) in [6.07, 6.45) is 1.86. The lowest BCUT2D eigenvalue weighted by atomic mass is 9.99. The summed E-state index contributed by atoms with van der Waals surface area (Å²) in [6.45, 7) is 6.22. The molecule has 0 bridgehead atoms. The Labute approximate surface area is 195 Å². The second-order valence-electron chi connectivity index (χ2n) is 8.35. The summed E-state index contributed by atoms with van der Waals surface area (Å²) in [7, 11) is 1.50. The van der Waals surface area contributed by atoms with Crippen molar-refractivity contribution < 1.29 is 23.5 Å². The van der Waals surface area contributed by atoms with Crippen LogP contribution in [-0.2, 0) is 13.0 Å². The van der Waals surface area contributed by atoms with Crippen molar-refractivity contribution in [3.8, 4) is 11.5 Å². The van der Waals surface area contributed by atoms with E-state index >= 15 is 0 Å². The third-order valence-corrected chi connectivity index (χ3v) is 7.19. The van der Waals surface area contributed by atoms with Gasteiger partial charge in [0.25, 0.3) is 5.91 Å². The first kappa shape index (κ1) is 21.5. The molecular weight excluding hydrogens is 442 g/mol. The quantitative estimate of drug-likeness (QED) is 0.429. The molecule has 1 amide bonds. The Kier molecular flexibility index (Phi) is 5.59. The minimum Gasteiger partial charge on any atom is -0.493 e. The molecule has 1 atom stereocenters. The molecule has 0 saturated carbocycles. The summed E-state index contributed by atoms with van der Waals surface area (Å²) >= 11 is 1.66. The molecule has 0 spiro atoms. The van der Waals surface area contributed by atoms with E-state index in [1.165, 1.54) is 24.3 Å². The molecule has 33 heavy (non-hydrogen) atoms. The number of carbonyl (C=O) groups excluding carboxylic acids is 2. The number of rotatable bonds is 5. The summed E-state index contributed by atoms with van der Waals surface area (Å²) < 4.78 is 15.9. The zero-order valence-corrected chi connectivity index (χ0v) is 19.5. The number of hydrogen-bond acceptors (Lipinski definition) is 8. The van der Waals surface area contributed by atoms with E-state index in [4.69, 9.17) is 13.9 Å². The van der Waals surface area contributed by atoms with Crippen molar-refractivity contribution in [2.24, 2.45) is 0 Å². The molecule has 9 heteroatoms. The number of anilines is 1. The van der Waals surface area contributed by atoms with Gasteiger partial charge in [-0.1, -0.05) is 6.07 Å². The van der Waals surface area contributed by atoms with Crippen LogP contribution in [0.4, 0.5) is 5.00 Å². The van der Waals surface area contributed by atoms with Crippen LogP contribution in [0.1, 0.15) is 56.9 Å². The van der Waals surface area contributed by atoms with E-state index in [-0.39, 0.29) is 17.4 Å². The van der Waals surface area contributed by atoms with Crippen molar-refractivity contribution in [2.75, 3.05) is 19.0 Å². The summed E-state index contributed by atoms with van der Waals surface area (Å²) in [5.74, 6) is 0.0710. The van der Waals surface area contributed by atoms with Gasteiger partial charge in [-0.2, -0.15) is 0 Å². The first-order valence-electron chi connectivity index (χ1n) is 10.8. The highest BCUT2D eigenvalue weighted by molar-refractivity contribution is 7.16. The number of nitrogens with one attached hydrogen (secondary N) is 2. The van der Waals surface area contributed by atoms with E-state index in [0.717, 1.165) is 41.2 Å². The van der Waals surface area contributed by atoms with Crippen molar-refractivity contribution in [3.05, 3.63) is 63.9 Å². The SMILES string of the molecule is COc1cc(C2NC(=O)c3c(sc4c3CCN(C(C)C)C4)N2)ccc1OC(=O)c1ccco1. The molecule has 1 aromatic carbocycles. The molecule has 8 nitrogen and oxygen atoms in total. The molecule has 0 fully saturated rings. The van der Waals surface area contributed by atoms with Gasteiger partial charge in [0.15, 0.2) is 11.5 Å². The molecule has 1 unspecified atom stereocenters. The average Bonchev–Trinajstić information content (AvgIpc) is 3.46. The lowest BCUT2D eigenvalue weighted by molar-refractivity contribution is 0.0696. The van der Waals surface area contributed by atoms with Crippen LogP contribution in [0.3, 0.4) is 0 Å². The Morgan fingerprint density at radius 3 is 2.82 bits per heavy atom. The van der Waals surface area contributed by atoms with Crippen molar-refractivity contribution in [1.29, 1.82) is 0 Å². The van der Waals surface area contributed by atoms with Crippen LogP contribution in [0.15, 0.2) is 41.0 Å². The number of fused-ring (bicyclic) bond motifs is 3. The van der Waals surface area contributed by atoms with Gasteiger partial charge in [0.1, 0.15) is 11.2 Å². The maximum absolute atomic E-state index is 13.0. The third-order valence-electron chi connectivity index (χ3n) is 6.04. The fraction of sp³-hybridized carbons (Fsp3) is 0.333. The van der Waals surface area contributed by atoms with Gasteiger partial charge in [0.05, 0.1) is 18.9 Å². The number of furan rings is 1. The molecule has 172 valence electrons. The molecule has 2 aromatic heterocycles. The first-order chi connectivity index (χ1) is 15.9. The Morgan fingerprint density at radius 1 is 1.24 bits per heavy atom. The zero-order chi connectivity index (χ0) is 23.1. The van der Waals surface area contributed by atoms with E-state index < -0.39 is 12.1 Å². The van der Waals surface area contributed by atoms with Crippen molar-refractivity contribution in [1.82, 2.24) is 10.2 Å². The Morgan fingerprint density at radius 2 is 2.09 bits per heavy atom. The molecule has 4 heterocycles. The summed E-state index contributed by atoms with van der Waals surface area (Å²) in [5, 5.41) is 7.42. The average molecular weight is 468 g/mol. The van der Waals surface area contributed by atoms with Crippen LogP contribution in [0, 0.1) is 0 Å². The first-order valence-corrected chi connectivity index (χ1v) is 11.7. The normalized spacial score (nSPS) is 17.7. The molecule has 2 N–H and O–H groups in total. The van der Waals surface area contributed by atoms with E-state index in [1.54, 1.807) is 35.6 Å². The topological polar surface area (TPSA) is 93.0 Å². The Hall–Kier alpha value is -3.30. The van der Waals surface area contributed by atoms with Crippen LogP contribution in [0.5, 0.6) is 11.5 Å². The Bertz CT molecular complexity index is 1200. The number of amides is 1. The number of ether oxygens (including phenoxy) is 2. The Balaban J connectivity index is 1.38. The minimum absolute atomic E-state index is 0.0727. The van der Waals surface area contributed by atoms with Crippen LogP contribution in [-0.4, -0.2) is 36.5 Å². The van der Waals surface area contributed by atoms with Crippen LogP contribution in [0.2, 0.25) is 0 Å². The van der Waals surface area contributed by atoms with Gasteiger partial charge in [-0.05, 0) is 55.7 Å². The second kappa shape index (κ2) is 8.57. The number of methoxy groups -OCH3 is 1. The van der Waals surface area contributed by atoms with Crippen LogP contribution in [0.25, 0.3) is 0 Å². The molecule has 2 aliphatic heterocycles. The predicted molar refractivity (Wildman–Crippen MR) is 124 cm³/mol. The van der Waals surface area contributed by atoms with Gasteiger partial charge >= 0.3 is 5.97 Å². The summed E-state index contributed by atoms with van der Waals surface area (Å²) in [4.78, 5) is 29.0. The van der Waals surface area contributed by atoms with Gasteiger partial charge in [-0.15, -0.1) is 11.3 Å². The van der Waals surface area contributed by atoms with E-state index in [9.17, 15) is 9.59 Å². The van der Waals surface area contributed by atoms with E-state index in [0.29, 0.717) is 11.8 Å². The summed E-state index contributed by atoms with van der Waals surface area (Å²) in [6, 6.07) is 8.82. The van der Waals surface area contributed by atoms with Gasteiger partial charge < -0.3 is 24.5 Å². The lowest BCUT2D eigenvalue weighted by Crippen LogP contribution is -2.39. The van der Waals surface area contributed by atoms with Gasteiger partial charge in [-0.3, -0.25) is 9.69 Å². The van der Waals surface area contributed by atoms with Crippen LogP contribution >= 0.6 is 11.3 Å². The molecule has 2 aliphatic rings. The van der Waals surface area contributed by atoms with E-state index in [1.807, 2.05) is 0 Å². The number of hydrogen-bond donors (Lipinski definition) is 2. The molecule has 0 aliphatic carbocycles. The van der Waals surface area contributed by atoms with Crippen LogP contribution < -0.4 is 20.1 Å². The summed E-state index contributed by atoms with van der Waals surface area (Å²) in [5.41, 5.74) is 2.72. The molecule has 3 aromatic rings. The molecule has 5 rings (SSSR count). The molecule has 0 radical (unpaired) electrons. The second-order valence-corrected chi connectivity index (χ2v) is 9.46. The fourth-order valence-corrected chi connectivity index (χ4v) is 5.53. The third kappa shape index (κ3) is 3.98. The largest absolute Gasteiger partial charge is 0.493 e. The van der Waals surface area contributed by atoms with Gasteiger partial charge in [-0.25, -0.2) is 4.79 Å². The number of nitrogens with zero attached hydrogens (tertiary/aromatic N) is 1. The molecule has 0 saturated heterocycles. The highest BCUT2D eigenvalue weighted by atomic mass is 32.1. The van der Waals surface area contributed by atoms with E-state index in [2.05, 4.69) is 29.4 Å². The number of carbonyl (C=O) groups is 2. The number of esters is 1. The maximum atomic E-state index is 13.0. The predicted octanol–water partition coefficient (Wildman–Crippen LogP) is 4.19. The van der Waals surface area contributed by atoms with Crippen molar-refractivity contribution >= 4 is 28.2 Å². The van der Waals surface area contributed by atoms with Gasteiger partial charge in [0.2, 0.25) is 5.76 Å². The maximum Gasteiger partial charge on any atom is 0.379 e. The van der Waals surface area contributed by atoms with Crippen molar-refractivity contribution in [2.45, 2.75) is 39.0 Å². The monoisotopic (exact) mass is 467 g/mol. The zero-order valence-electron chi connectivity index (χ0n) is 18.6. The van der Waals surface area contributed by atoms with Crippen molar-refractivity contribution in [3.63, 3.8) is 0 Å². The highest BCUT2D eigenvalue weighted by Gasteiger charge is 2.34.